The van der Waals surface area contributed by atoms with Crippen LogP contribution in [0.15, 0.2) is 34.1 Å². The van der Waals surface area contributed by atoms with Gasteiger partial charge in [0.05, 0.1) is 10.6 Å². The normalized spacial score (nSPS) is 17.9. The minimum absolute atomic E-state index is 0.104. The second kappa shape index (κ2) is 6.55. The Morgan fingerprint density at radius 1 is 1.28 bits per heavy atom. The number of allylic oxidation sites excluding steroid dienone is 1. The van der Waals surface area contributed by atoms with Gasteiger partial charge < -0.3 is 14.8 Å². The maximum atomic E-state index is 12.5. The van der Waals surface area contributed by atoms with Crippen LogP contribution in [0.4, 0.5) is 5.69 Å². The molecule has 6 nitrogen and oxygen atoms in total. The highest BCUT2D eigenvalue weighted by Gasteiger charge is 2.27. The highest BCUT2D eigenvalue weighted by molar-refractivity contribution is 8.04. The number of H-pyrrole nitrogens is 1. The Bertz CT molecular complexity index is 913. The number of rotatable bonds is 2. The molecule has 1 amide bonds. The lowest BCUT2D eigenvalue weighted by atomic mass is 10.1. The van der Waals surface area contributed by atoms with Crippen molar-refractivity contribution in [2.45, 2.75) is 13.3 Å². The zero-order chi connectivity index (χ0) is 17.4. The summed E-state index contributed by atoms with van der Waals surface area (Å²) in [5.41, 5.74) is 2.15. The second-order valence-corrected chi connectivity index (χ2v) is 7.45. The summed E-state index contributed by atoms with van der Waals surface area (Å²) in [4.78, 5) is 36.9. The molecule has 0 spiro atoms. The molecule has 4 heterocycles. The Morgan fingerprint density at radius 2 is 2.08 bits per heavy atom. The van der Waals surface area contributed by atoms with Crippen molar-refractivity contribution in [3.63, 3.8) is 0 Å². The smallest absolute Gasteiger partial charge is 0.260 e. The number of nitrogens with one attached hydrogen (secondary N) is 1. The van der Waals surface area contributed by atoms with Gasteiger partial charge in [-0.05, 0) is 25.5 Å². The summed E-state index contributed by atoms with van der Waals surface area (Å²) >= 11 is 1.65. The molecule has 130 valence electrons. The quantitative estimate of drug-likeness (QED) is 0.890. The number of hydrogen-bond acceptors (Lipinski definition) is 5. The molecule has 0 saturated carbocycles. The van der Waals surface area contributed by atoms with Crippen LogP contribution in [0.25, 0.3) is 11.0 Å². The van der Waals surface area contributed by atoms with Crippen molar-refractivity contribution in [1.82, 2.24) is 14.9 Å². The number of pyridine rings is 2. The fraction of sp³-hybridized carbons (Fsp3) is 0.389. The van der Waals surface area contributed by atoms with Crippen molar-refractivity contribution >= 4 is 34.4 Å². The van der Waals surface area contributed by atoms with Gasteiger partial charge in [-0.3, -0.25) is 9.59 Å². The van der Waals surface area contributed by atoms with E-state index >= 15 is 0 Å². The molecule has 1 fully saturated rings. The molecular weight excluding hydrogens is 336 g/mol. The number of fused-ring (bicyclic) bond motifs is 1. The molecule has 25 heavy (non-hydrogen) atoms. The molecule has 4 rings (SSSR count). The maximum Gasteiger partial charge on any atom is 0.260 e. The van der Waals surface area contributed by atoms with Crippen molar-refractivity contribution < 1.29 is 4.79 Å². The Kier molecular flexibility index (Phi) is 4.25. The Hall–Kier alpha value is -2.28. The first-order valence-corrected chi connectivity index (χ1v) is 9.48. The number of piperazine rings is 1. The van der Waals surface area contributed by atoms with Gasteiger partial charge in [-0.25, -0.2) is 4.98 Å². The van der Waals surface area contributed by atoms with Crippen LogP contribution in [0.5, 0.6) is 0 Å². The standard InChI is InChI=1S/C18H20N4O2S/c1-12-15(13-4-2-6-19-16(13)20-17(12)23)21-7-9-22(10-8-21)18(24)14-5-3-11-25-14/h2,4-6H,3,7-11H2,1H3,(H,19,20,23). The predicted molar refractivity (Wildman–Crippen MR) is 101 cm³/mol. The Balaban J connectivity index is 1.59. The van der Waals surface area contributed by atoms with Gasteiger partial charge in [0.1, 0.15) is 5.65 Å². The fourth-order valence-electron chi connectivity index (χ4n) is 3.47. The van der Waals surface area contributed by atoms with E-state index in [9.17, 15) is 9.59 Å². The van der Waals surface area contributed by atoms with E-state index in [1.807, 2.05) is 30.0 Å². The van der Waals surface area contributed by atoms with Crippen LogP contribution in [0.2, 0.25) is 0 Å². The third-order valence-corrected chi connectivity index (χ3v) is 5.88. The number of aromatic nitrogens is 2. The summed E-state index contributed by atoms with van der Waals surface area (Å²) in [6.07, 6.45) is 4.71. The van der Waals surface area contributed by atoms with E-state index in [4.69, 9.17) is 0 Å². The molecule has 0 aliphatic carbocycles. The number of carbonyl (C=O) groups excluding carboxylic acids is 1. The molecule has 2 aromatic heterocycles. The first kappa shape index (κ1) is 16.2. The minimum Gasteiger partial charge on any atom is -0.367 e. The Morgan fingerprint density at radius 3 is 2.80 bits per heavy atom. The van der Waals surface area contributed by atoms with Crippen LogP contribution in [0.1, 0.15) is 12.0 Å². The average molecular weight is 356 g/mol. The summed E-state index contributed by atoms with van der Waals surface area (Å²) in [7, 11) is 0. The molecule has 0 aromatic carbocycles. The van der Waals surface area contributed by atoms with Crippen LogP contribution in [-0.4, -0.2) is 52.7 Å². The summed E-state index contributed by atoms with van der Waals surface area (Å²) in [6.45, 7) is 4.63. The SMILES string of the molecule is Cc1c(N2CCN(C(=O)C3=CCCS3)CC2)c2cccnc2[nH]c1=O. The lowest BCUT2D eigenvalue weighted by molar-refractivity contribution is -0.126. The number of aromatic amines is 1. The molecule has 7 heteroatoms. The third-order valence-electron chi connectivity index (χ3n) is 4.79. The summed E-state index contributed by atoms with van der Waals surface area (Å²) < 4.78 is 0. The van der Waals surface area contributed by atoms with Gasteiger partial charge in [0.25, 0.3) is 11.5 Å². The molecule has 2 aliphatic heterocycles. The number of thioether (sulfide) groups is 1. The first-order chi connectivity index (χ1) is 12.1. The van der Waals surface area contributed by atoms with Crippen LogP contribution in [0, 0.1) is 6.92 Å². The third kappa shape index (κ3) is 2.93. The van der Waals surface area contributed by atoms with Crippen LogP contribution in [-0.2, 0) is 4.79 Å². The maximum absolute atomic E-state index is 12.5. The molecular formula is C18H20N4O2S. The average Bonchev–Trinajstić information content (AvgIpc) is 3.17. The van der Waals surface area contributed by atoms with Gasteiger partial charge >= 0.3 is 0 Å². The molecule has 0 bridgehead atoms. The Labute approximate surface area is 149 Å². The summed E-state index contributed by atoms with van der Waals surface area (Å²) in [5.74, 6) is 1.16. The fourth-order valence-corrected chi connectivity index (χ4v) is 4.41. The van der Waals surface area contributed by atoms with Crippen molar-refractivity contribution in [3.8, 4) is 0 Å². The summed E-state index contributed by atoms with van der Waals surface area (Å²) in [6, 6.07) is 3.87. The van der Waals surface area contributed by atoms with Crippen molar-refractivity contribution in [3.05, 3.63) is 45.2 Å². The van der Waals surface area contributed by atoms with Gasteiger partial charge in [0.2, 0.25) is 0 Å². The van der Waals surface area contributed by atoms with Gasteiger partial charge in [0.15, 0.2) is 0 Å². The monoisotopic (exact) mass is 356 g/mol. The van der Waals surface area contributed by atoms with E-state index in [0.29, 0.717) is 24.3 Å². The van der Waals surface area contributed by atoms with Gasteiger partial charge in [-0.15, -0.1) is 11.8 Å². The second-order valence-electron chi connectivity index (χ2n) is 6.31. The molecule has 1 N–H and O–H groups in total. The van der Waals surface area contributed by atoms with Crippen molar-refractivity contribution in [2.75, 3.05) is 36.8 Å². The number of anilines is 1. The molecule has 0 unspecified atom stereocenters. The van der Waals surface area contributed by atoms with Crippen molar-refractivity contribution in [1.29, 1.82) is 0 Å². The summed E-state index contributed by atoms with van der Waals surface area (Å²) in [5, 5.41) is 0.952. The van der Waals surface area contributed by atoms with E-state index in [1.54, 1.807) is 18.0 Å². The van der Waals surface area contributed by atoms with E-state index < -0.39 is 0 Å². The van der Waals surface area contributed by atoms with Crippen LogP contribution >= 0.6 is 11.8 Å². The van der Waals surface area contributed by atoms with Gasteiger partial charge in [0, 0.05) is 49.1 Å². The highest BCUT2D eigenvalue weighted by Crippen LogP contribution is 2.29. The zero-order valence-corrected chi connectivity index (χ0v) is 14.9. The lowest BCUT2D eigenvalue weighted by Gasteiger charge is -2.37. The number of amides is 1. The number of hydrogen-bond donors (Lipinski definition) is 1. The molecule has 2 aliphatic rings. The minimum atomic E-state index is -0.104. The molecule has 2 aromatic rings. The van der Waals surface area contributed by atoms with Crippen molar-refractivity contribution in [2.24, 2.45) is 0 Å². The molecule has 0 atom stereocenters. The first-order valence-electron chi connectivity index (χ1n) is 8.50. The largest absolute Gasteiger partial charge is 0.367 e. The highest BCUT2D eigenvalue weighted by atomic mass is 32.2. The molecule has 1 saturated heterocycles. The van der Waals surface area contributed by atoms with E-state index in [1.165, 1.54) is 0 Å². The van der Waals surface area contributed by atoms with E-state index in [0.717, 1.165) is 41.2 Å². The van der Waals surface area contributed by atoms with E-state index in [2.05, 4.69) is 14.9 Å². The van der Waals surface area contributed by atoms with E-state index in [-0.39, 0.29) is 11.5 Å². The predicted octanol–water partition coefficient (Wildman–Crippen LogP) is 1.90. The van der Waals surface area contributed by atoms with Gasteiger partial charge in [-0.2, -0.15) is 0 Å². The number of nitrogens with zero attached hydrogens (tertiary/aromatic N) is 3. The lowest BCUT2D eigenvalue weighted by Crippen LogP contribution is -2.49. The zero-order valence-electron chi connectivity index (χ0n) is 14.1. The van der Waals surface area contributed by atoms with Crippen LogP contribution < -0.4 is 10.5 Å². The van der Waals surface area contributed by atoms with Gasteiger partial charge in [-0.1, -0.05) is 6.08 Å². The molecule has 0 radical (unpaired) electrons. The number of carbonyl (C=O) groups is 1. The van der Waals surface area contributed by atoms with Crippen LogP contribution in [0.3, 0.4) is 0 Å². The topological polar surface area (TPSA) is 69.3 Å².